The third kappa shape index (κ3) is 1.82. The van der Waals surface area contributed by atoms with E-state index in [1.165, 1.54) is 37.8 Å². The molecular formula is C13H16ClN3. The second-order valence-corrected chi connectivity index (χ2v) is 5.24. The van der Waals surface area contributed by atoms with Crippen molar-refractivity contribution in [3.05, 3.63) is 23.2 Å². The van der Waals surface area contributed by atoms with Crippen LogP contribution in [-0.4, -0.2) is 14.5 Å². The highest BCUT2D eigenvalue weighted by Crippen LogP contribution is 2.35. The van der Waals surface area contributed by atoms with Crippen LogP contribution in [-0.2, 0) is 7.05 Å². The molecule has 0 bridgehead atoms. The lowest BCUT2D eigenvalue weighted by atomic mass is 9.86. The van der Waals surface area contributed by atoms with E-state index in [1.807, 2.05) is 17.7 Å². The minimum Gasteiger partial charge on any atom is -0.319 e. The number of hydrogen-bond donors (Lipinski definition) is 0. The maximum Gasteiger partial charge on any atom is 0.144 e. The summed E-state index contributed by atoms with van der Waals surface area (Å²) in [6, 6.07) is 2.00. The van der Waals surface area contributed by atoms with Crippen molar-refractivity contribution in [2.75, 3.05) is 0 Å². The Labute approximate surface area is 106 Å². The highest BCUT2D eigenvalue weighted by Gasteiger charge is 2.20. The van der Waals surface area contributed by atoms with Crippen molar-refractivity contribution in [1.29, 1.82) is 0 Å². The molecule has 90 valence electrons. The summed E-state index contributed by atoms with van der Waals surface area (Å²) >= 11 is 6.16. The first kappa shape index (κ1) is 11.0. The predicted octanol–water partition coefficient (Wildman–Crippen LogP) is 3.67. The zero-order chi connectivity index (χ0) is 11.8. The average molecular weight is 250 g/mol. The number of fused-ring (bicyclic) bond motifs is 1. The molecule has 1 aliphatic carbocycles. The van der Waals surface area contributed by atoms with Crippen molar-refractivity contribution in [2.45, 2.75) is 38.0 Å². The van der Waals surface area contributed by atoms with Crippen LogP contribution in [0.15, 0.2) is 12.4 Å². The van der Waals surface area contributed by atoms with Crippen LogP contribution in [0.4, 0.5) is 0 Å². The normalized spacial score (nSPS) is 17.8. The van der Waals surface area contributed by atoms with Gasteiger partial charge in [-0.1, -0.05) is 30.9 Å². The molecule has 0 aliphatic heterocycles. The minimum absolute atomic E-state index is 0.590. The van der Waals surface area contributed by atoms with Crippen molar-refractivity contribution >= 4 is 22.6 Å². The van der Waals surface area contributed by atoms with Crippen molar-refractivity contribution in [3.63, 3.8) is 0 Å². The van der Waals surface area contributed by atoms with E-state index in [9.17, 15) is 0 Å². The molecular weight excluding hydrogens is 234 g/mol. The van der Waals surface area contributed by atoms with Gasteiger partial charge < -0.3 is 4.57 Å². The topological polar surface area (TPSA) is 30.7 Å². The molecule has 0 atom stereocenters. The fourth-order valence-corrected chi connectivity index (χ4v) is 3.01. The average Bonchev–Trinajstić information content (AvgIpc) is 2.67. The Morgan fingerprint density at radius 1 is 1.24 bits per heavy atom. The minimum atomic E-state index is 0.590. The van der Waals surface area contributed by atoms with Gasteiger partial charge in [0.2, 0.25) is 0 Å². The van der Waals surface area contributed by atoms with E-state index in [1.54, 1.807) is 6.33 Å². The first-order valence-corrected chi connectivity index (χ1v) is 6.61. The molecule has 1 aliphatic rings. The largest absolute Gasteiger partial charge is 0.319 e. The van der Waals surface area contributed by atoms with Crippen molar-refractivity contribution in [1.82, 2.24) is 14.5 Å². The van der Waals surface area contributed by atoms with Gasteiger partial charge in [0.1, 0.15) is 17.1 Å². The van der Waals surface area contributed by atoms with E-state index < -0.39 is 0 Å². The smallest absolute Gasteiger partial charge is 0.144 e. The molecule has 0 saturated heterocycles. The summed E-state index contributed by atoms with van der Waals surface area (Å²) in [4.78, 5) is 8.83. The van der Waals surface area contributed by atoms with Gasteiger partial charge in [0.25, 0.3) is 0 Å². The van der Waals surface area contributed by atoms with E-state index in [-0.39, 0.29) is 0 Å². The lowest BCUT2D eigenvalue weighted by molar-refractivity contribution is 0.438. The van der Waals surface area contributed by atoms with Gasteiger partial charge in [-0.15, -0.1) is 0 Å². The number of aryl methyl sites for hydroxylation is 1. The third-order valence-electron chi connectivity index (χ3n) is 3.79. The van der Waals surface area contributed by atoms with E-state index in [2.05, 4.69) is 9.97 Å². The zero-order valence-electron chi connectivity index (χ0n) is 9.99. The maximum atomic E-state index is 6.16. The molecule has 0 spiro atoms. The Hall–Kier alpha value is -1.09. The summed E-state index contributed by atoms with van der Waals surface area (Å²) in [5.74, 6) is 0.590. The highest BCUT2D eigenvalue weighted by molar-refractivity contribution is 6.30. The number of nitrogens with zero attached hydrogens (tertiary/aromatic N) is 3. The van der Waals surface area contributed by atoms with Crippen LogP contribution >= 0.6 is 11.6 Å². The summed E-state index contributed by atoms with van der Waals surface area (Å²) in [5.41, 5.74) is 2.14. The van der Waals surface area contributed by atoms with Crippen molar-refractivity contribution in [3.8, 4) is 0 Å². The Bertz CT molecular complexity index is 541. The number of rotatable bonds is 1. The molecule has 4 heteroatoms. The van der Waals surface area contributed by atoms with Crippen LogP contribution in [0.2, 0.25) is 5.15 Å². The fraction of sp³-hybridized carbons (Fsp3) is 0.538. The van der Waals surface area contributed by atoms with Gasteiger partial charge in [-0.2, -0.15) is 0 Å². The number of halogens is 1. The Morgan fingerprint density at radius 3 is 2.76 bits per heavy atom. The summed E-state index contributed by atoms with van der Waals surface area (Å²) in [5, 5.41) is 1.87. The standard InChI is InChI=1S/C13H16ClN3/c1-17-11(14)7-10-12(15-8-16-13(10)17)9-5-3-2-4-6-9/h7-9H,2-6H2,1H3. The molecule has 0 amide bonds. The quantitative estimate of drug-likeness (QED) is 0.772. The molecule has 3 rings (SSSR count). The summed E-state index contributed by atoms with van der Waals surface area (Å²) in [6.07, 6.45) is 8.16. The van der Waals surface area contributed by atoms with Gasteiger partial charge >= 0.3 is 0 Å². The molecule has 2 aromatic rings. The van der Waals surface area contributed by atoms with E-state index in [0.29, 0.717) is 5.92 Å². The van der Waals surface area contributed by atoms with Crippen LogP contribution in [0.1, 0.15) is 43.7 Å². The van der Waals surface area contributed by atoms with Crippen LogP contribution in [0.5, 0.6) is 0 Å². The molecule has 0 unspecified atom stereocenters. The van der Waals surface area contributed by atoms with E-state index in [0.717, 1.165) is 16.2 Å². The Morgan fingerprint density at radius 2 is 2.00 bits per heavy atom. The SMILES string of the molecule is Cn1c(Cl)cc2c(C3CCCCC3)ncnc21. The molecule has 1 fully saturated rings. The van der Waals surface area contributed by atoms with E-state index >= 15 is 0 Å². The highest BCUT2D eigenvalue weighted by atomic mass is 35.5. The molecule has 17 heavy (non-hydrogen) atoms. The van der Waals surface area contributed by atoms with Crippen LogP contribution in [0, 0.1) is 0 Å². The van der Waals surface area contributed by atoms with Gasteiger partial charge in [-0.05, 0) is 18.9 Å². The molecule has 0 radical (unpaired) electrons. The molecule has 0 N–H and O–H groups in total. The second-order valence-electron chi connectivity index (χ2n) is 4.86. The van der Waals surface area contributed by atoms with E-state index in [4.69, 9.17) is 11.6 Å². The summed E-state index contributed by atoms with van der Waals surface area (Å²) in [7, 11) is 1.95. The van der Waals surface area contributed by atoms with Crippen LogP contribution in [0.25, 0.3) is 11.0 Å². The molecule has 1 saturated carbocycles. The summed E-state index contributed by atoms with van der Waals surface area (Å²) < 4.78 is 1.92. The zero-order valence-corrected chi connectivity index (χ0v) is 10.7. The van der Waals surface area contributed by atoms with Gasteiger partial charge in [-0.3, -0.25) is 0 Å². The third-order valence-corrected chi connectivity index (χ3v) is 4.15. The van der Waals surface area contributed by atoms with Crippen molar-refractivity contribution < 1.29 is 0 Å². The van der Waals surface area contributed by atoms with Gasteiger partial charge in [-0.25, -0.2) is 9.97 Å². The van der Waals surface area contributed by atoms with Crippen LogP contribution in [0.3, 0.4) is 0 Å². The molecule has 0 aromatic carbocycles. The number of hydrogen-bond acceptors (Lipinski definition) is 2. The molecule has 2 heterocycles. The van der Waals surface area contributed by atoms with Gasteiger partial charge in [0.05, 0.1) is 5.69 Å². The Kier molecular flexibility index (Phi) is 2.79. The molecule has 2 aromatic heterocycles. The van der Waals surface area contributed by atoms with Gasteiger partial charge in [0, 0.05) is 18.4 Å². The van der Waals surface area contributed by atoms with Crippen LogP contribution < -0.4 is 0 Å². The van der Waals surface area contributed by atoms with Crippen molar-refractivity contribution in [2.24, 2.45) is 7.05 Å². The fourth-order valence-electron chi connectivity index (χ4n) is 2.82. The maximum absolute atomic E-state index is 6.16. The lowest BCUT2D eigenvalue weighted by Crippen LogP contribution is -2.07. The monoisotopic (exact) mass is 249 g/mol. The second kappa shape index (κ2) is 4.30. The lowest BCUT2D eigenvalue weighted by Gasteiger charge is -2.21. The first-order valence-electron chi connectivity index (χ1n) is 6.23. The van der Waals surface area contributed by atoms with Gasteiger partial charge in [0.15, 0.2) is 0 Å². The summed E-state index contributed by atoms with van der Waals surface area (Å²) in [6.45, 7) is 0. The molecule has 3 nitrogen and oxygen atoms in total. The predicted molar refractivity (Wildman–Crippen MR) is 69.3 cm³/mol. The Balaban J connectivity index is 2.12. The number of aromatic nitrogens is 3. The first-order chi connectivity index (χ1) is 8.27.